The molecule has 0 spiro atoms. The summed E-state index contributed by atoms with van der Waals surface area (Å²) in [6.07, 6.45) is 2.98. The maximum atomic E-state index is 14.4. The van der Waals surface area contributed by atoms with Gasteiger partial charge in [0.25, 0.3) is 0 Å². The largest absolute Gasteiger partial charge is 0.446 e. The average molecular weight is 309 g/mol. The van der Waals surface area contributed by atoms with Gasteiger partial charge >= 0.3 is 6.09 Å². The van der Waals surface area contributed by atoms with Gasteiger partial charge in [-0.25, -0.2) is 9.18 Å². The Morgan fingerprint density at radius 1 is 1.36 bits per heavy atom. The third-order valence-electron chi connectivity index (χ3n) is 4.79. The van der Waals surface area contributed by atoms with E-state index < -0.39 is 11.7 Å². The van der Waals surface area contributed by atoms with Gasteiger partial charge in [-0.15, -0.1) is 0 Å². The molecule has 1 aromatic rings. The molecule has 0 saturated heterocycles. The molecule has 1 fully saturated rings. The van der Waals surface area contributed by atoms with E-state index >= 15 is 0 Å². The topological polar surface area (TPSA) is 61.6 Å². The zero-order chi connectivity index (χ0) is 16.2. The molecular weight excluding hydrogens is 285 g/mol. The average Bonchev–Trinajstić information content (AvgIpc) is 2.51. The number of carbonyl (C=O) groups excluding carboxylic acids is 1. The van der Waals surface area contributed by atoms with Gasteiger partial charge in [0.1, 0.15) is 17.5 Å². The van der Waals surface area contributed by atoms with Crippen LogP contribution in [0, 0.1) is 11.7 Å². The number of amides is 1. The van der Waals surface area contributed by atoms with Gasteiger partial charge in [0.05, 0.1) is 0 Å². The van der Waals surface area contributed by atoms with Crippen molar-refractivity contribution in [2.24, 2.45) is 11.7 Å². The zero-order valence-corrected chi connectivity index (χ0v) is 13.2. The van der Waals surface area contributed by atoms with Crippen molar-refractivity contribution in [3.63, 3.8) is 0 Å². The van der Waals surface area contributed by atoms with Crippen molar-refractivity contribution in [1.82, 2.24) is 0 Å². The highest BCUT2D eigenvalue weighted by molar-refractivity contribution is 5.64. The van der Waals surface area contributed by atoms with E-state index in [1.807, 2.05) is 6.92 Å². The number of carbonyl (C=O) groups is 1. The molecule has 0 aliphatic heterocycles. The number of methoxy groups -OCH3 is 1. The van der Waals surface area contributed by atoms with Crippen molar-refractivity contribution >= 4 is 6.09 Å². The van der Waals surface area contributed by atoms with Gasteiger partial charge in [0, 0.05) is 18.6 Å². The Bertz CT molecular complexity index is 516. The fourth-order valence-corrected chi connectivity index (χ4v) is 3.78. The molecule has 3 atom stereocenters. The zero-order valence-electron chi connectivity index (χ0n) is 13.2. The van der Waals surface area contributed by atoms with Gasteiger partial charge < -0.3 is 15.2 Å². The lowest BCUT2D eigenvalue weighted by Gasteiger charge is -2.45. The van der Waals surface area contributed by atoms with Gasteiger partial charge in [-0.05, 0) is 31.7 Å². The maximum absolute atomic E-state index is 14.4. The van der Waals surface area contributed by atoms with Crippen molar-refractivity contribution in [2.45, 2.75) is 50.7 Å². The van der Waals surface area contributed by atoms with Crippen LogP contribution in [0.1, 0.15) is 44.6 Å². The summed E-state index contributed by atoms with van der Waals surface area (Å²) in [6.45, 7) is 1.96. The maximum Gasteiger partial charge on any atom is 0.404 e. The summed E-state index contributed by atoms with van der Waals surface area (Å²) in [5.41, 5.74) is 4.91. The first-order valence-electron chi connectivity index (χ1n) is 7.81. The molecule has 2 rings (SSSR count). The second-order valence-electron chi connectivity index (χ2n) is 5.79. The second-order valence-corrected chi connectivity index (χ2v) is 5.79. The van der Waals surface area contributed by atoms with Gasteiger partial charge in [-0.1, -0.05) is 31.5 Å². The van der Waals surface area contributed by atoms with Gasteiger partial charge in [-0.2, -0.15) is 0 Å². The Morgan fingerprint density at radius 2 is 2.05 bits per heavy atom. The van der Waals surface area contributed by atoms with Crippen LogP contribution in [-0.2, 0) is 15.1 Å². The lowest BCUT2D eigenvalue weighted by atomic mass is 9.70. The molecule has 2 N–H and O–H groups in total. The molecule has 1 amide bonds. The molecule has 1 aliphatic carbocycles. The molecule has 1 aromatic carbocycles. The highest BCUT2D eigenvalue weighted by atomic mass is 19.1. The molecular formula is C17H24FNO3. The van der Waals surface area contributed by atoms with E-state index in [0.29, 0.717) is 12.0 Å². The van der Waals surface area contributed by atoms with Crippen molar-refractivity contribution in [2.75, 3.05) is 7.11 Å². The van der Waals surface area contributed by atoms with E-state index in [1.165, 1.54) is 6.07 Å². The monoisotopic (exact) mass is 309 g/mol. The predicted octanol–water partition coefficient (Wildman–Crippen LogP) is 3.73. The van der Waals surface area contributed by atoms with Crippen LogP contribution in [0.15, 0.2) is 24.3 Å². The minimum Gasteiger partial charge on any atom is -0.446 e. The fraction of sp³-hybridized carbons (Fsp3) is 0.588. The summed E-state index contributed by atoms with van der Waals surface area (Å²) in [6, 6.07) is 6.64. The lowest BCUT2D eigenvalue weighted by molar-refractivity contribution is -0.122. The van der Waals surface area contributed by atoms with Crippen LogP contribution in [0.3, 0.4) is 0 Å². The van der Waals surface area contributed by atoms with Crippen LogP contribution in [0.2, 0.25) is 0 Å². The quantitative estimate of drug-likeness (QED) is 0.901. The molecule has 0 bridgehead atoms. The number of hydrogen-bond donors (Lipinski definition) is 1. The summed E-state index contributed by atoms with van der Waals surface area (Å²) in [5, 5.41) is 0. The third kappa shape index (κ3) is 3.09. The van der Waals surface area contributed by atoms with E-state index in [2.05, 4.69) is 0 Å². The standard InChI is InChI=1S/C17H24FNO3/c1-3-17(21-2,12-8-4-6-10-14(12)18)13-9-5-7-11-15(13)22-16(19)20/h4,6,8,10,13,15H,3,5,7,9,11H2,1-2H3,(H2,19,20)/t13-,15?,17+/m0/s1. The summed E-state index contributed by atoms with van der Waals surface area (Å²) in [4.78, 5) is 11.2. The molecule has 1 unspecified atom stereocenters. The first-order valence-corrected chi connectivity index (χ1v) is 7.81. The van der Waals surface area contributed by atoms with Crippen molar-refractivity contribution < 1.29 is 18.7 Å². The van der Waals surface area contributed by atoms with Crippen LogP contribution in [0.25, 0.3) is 0 Å². The highest BCUT2D eigenvalue weighted by Gasteiger charge is 2.47. The molecule has 0 aromatic heterocycles. The highest BCUT2D eigenvalue weighted by Crippen LogP contribution is 2.45. The smallest absolute Gasteiger partial charge is 0.404 e. The van der Waals surface area contributed by atoms with Gasteiger partial charge in [0.2, 0.25) is 0 Å². The third-order valence-corrected chi connectivity index (χ3v) is 4.79. The van der Waals surface area contributed by atoms with E-state index in [-0.39, 0.29) is 17.8 Å². The number of primary amides is 1. The summed E-state index contributed by atoms with van der Waals surface area (Å²) in [7, 11) is 1.59. The number of nitrogens with two attached hydrogens (primary N) is 1. The van der Waals surface area contributed by atoms with Crippen LogP contribution >= 0.6 is 0 Å². The second kappa shape index (κ2) is 7.09. The minimum absolute atomic E-state index is 0.111. The first-order chi connectivity index (χ1) is 10.5. The normalized spacial score (nSPS) is 24.5. The molecule has 0 heterocycles. The van der Waals surface area contributed by atoms with Crippen molar-refractivity contribution in [1.29, 1.82) is 0 Å². The molecule has 0 radical (unpaired) electrons. The van der Waals surface area contributed by atoms with Crippen LogP contribution in [-0.4, -0.2) is 19.3 Å². The Balaban J connectivity index is 2.44. The summed E-state index contributed by atoms with van der Waals surface area (Å²) >= 11 is 0. The SMILES string of the molecule is CC[C@@](OC)(c1ccccc1F)[C@H]1CCCCC1OC(N)=O. The number of hydrogen-bond acceptors (Lipinski definition) is 3. The molecule has 1 aliphatic rings. The molecule has 122 valence electrons. The molecule has 1 saturated carbocycles. The number of halogens is 1. The first kappa shape index (κ1) is 16.7. The predicted molar refractivity (Wildman–Crippen MR) is 81.8 cm³/mol. The molecule has 22 heavy (non-hydrogen) atoms. The van der Waals surface area contributed by atoms with E-state index in [0.717, 1.165) is 25.7 Å². The minimum atomic E-state index is -0.814. The fourth-order valence-electron chi connectivity index (χ4n) is 3.78. The van der Waals surface area contributed by atoms with E-state index in [4.69, 9.17) is 15.2 Å². The number of rotatable bonds is 5. The Kier molecular flexibility index (Phi) is 5.40. The molecule has 4 nitrogen and oxygen atoms in total. The van der Waals surface area contributed by atoms with Crippen LogP contribution in [0.4, 0.5) is 9.18 Å². The summed E-state index contributed by atoms with van der Waals surface area (Å²) < 4.78 is 25.5. The number of ether oxygens (including phenoxy) is 2. The van der Waals surface area contributed by atoms with Crippen LogP contribution < -0.4 is 5.73 Å². The Hall–Kier alpha value is -1.62. The van der Waals surface area contributed by atoms with Gasteiger partial charge in [-0.3, -0.25) is 0 Å². The lowest BCUT2D eigenvalue weighted by Crippen LogP contribution is -2.47. The summed E-state index contributed by atoms with van der Waals surface area (Å²) in [5.74, 6) is -0.407. The number of benzene rings is 1. The van der Waals surface area contributed by atoms with Crippen LogP contribution in [0.5, 0.6) is 0 Å². The van der Waals surface area contributed by atoms with E-state index in [1.54, 1.807) is 25.3 Å². The van der Waals surface area contributed by atoms with Crippen molar-refractivity contribution in [3.05, 3.63) is 35.6 Å². The van der Waals surface area contributed by atoms with Gasteiger partial charge in [0.15, 0.2) is 0 Å². The molecule has 5 heteroatoms. The Labute approximate surface area is 130 Å². The Morgan fingerprint density at radius 3 is 2.64 bits per heavy atom. The van der Waals surface area contributed by atoms with E-state index in [9.17, 15) is 9.18 Å². The van der Waals surface area contributed by atoms with Crippen molar-refractivity contribution in [3.8, 4) is 0 Å².